The lowest BCUT2D eigenvalue weighted by atomic mass is 10.1. The summed E-state index contributed by atoms with van der Waals surface area (Å²) in [6, 6.07) is 2.24. The molecule has 98 valence electrons. The van der Waals surface area contributed by atoms with Crippen LogP contribution < -0.4 is 4.74 Å². The van der Waals surface area contributed by atoms with Crippen molar-refractivity contribution in [2.24, 2.45) is 0 Å². The summed E-state index contributed by atoms with van der Waals surface area (Å²) in [5.41, 5.74) is -0.599. The molecule has 0 bridgehead atoms. The lowest BCUT2D eigenvalue weighted by molar-refractivity contribution is -0.385. The van der Waals surface area contributed by atoms with Gasteiger partial charge in [-0.15, -0.1) is 0 Å². The van der Waals surface area contributed by atoms with Gasteiger partial charge in [0.15, 0.2) is 0 Å². The average Bonchev–Trinajstić information content (AvgIpc) is 2.19. The van der Waals surface area contributed by atoms with Gasteiger partial charge >= 0.3 is 12.6 Å². The second-order valence-corrected chi connectivity index (χ2v) is 3.47. The number of nitro benzene ring substituents is 1. The molecule has 8 heteroatoms. The van der Waals surface area contributed by atoms with Gasteiger partial charge in [0.05, 0.1) is 16.9 Å². The highest BCUT2D eigenvalue weighted by molar-refractivity contribution is 5.74. The largest absolute Gasteiger partial charge is 0.481 e. The summed E-state index contributed by atoms with van der Waals surface area (Å²) < 4.78 is 28.4. The number of hydrogen-bond donors (Lipinski definition) is 1. The summed E-state index contributed by atoms with van der Waals surface area (Å²) in [5, 5.41) is 19.4. The lowest BCUT2D eigenvalue weighted by Crippen LogP contribution is -2.10. The molecule has 0 saturated carbocycles. The molecule has 0 aliphatic carbocycles. The molecule has 18 heavy (non-hydrogen) atoms. The maximum atomic E-state index is 12.2. The number of nitrogens with zero attached hydrogens (tertiary/aromatic N) is 1. The van der Waals surface area contributed by atoms with Crippen LogP contribution in [0.15, 0.2) is 12.1 Å². The van der Waals surface area contributed by atoms with Gasteiger partial charge in [-0.1, -0.05) is 0 Å². The van der Waals surface area contributed by atoms with Gasteiger partial charge in [0.2, 0.25) is 0 Å². The highest BCUT2D eigenvalue weighted by Gasteiger charge is 2.23. The number of benzene rings is 1. The smallest absolute Gasteiger partial charge is 0.387 e. The first-order chi connectivity index (χ1) is 8.31. The van der Waals surface area contributed by atoms with Crippen LogP contribution in [0.25, 0.3) is 0 Å². The zero-order valence-electron chi connectivity index (χ0n) is 9.22. The number of aliphatic carboxylic acids is 1. The summed E-state index contributed by atoms with van der Waals surface area (Å²) >= 11 is 0. The van der Waals surface area contributed by atoms with Crippen molar-refractivity contribution in [3.05, 3.63) is 33.4 Å². The monoisotopic (exact) mass is 261 g/mol. The third kappa shape index (κ3) is 3.37. The SMILES string of the molecule is Cc1cc(OC(F)F)c(CC(=O)O)c([N+](=O)[O-])c1. The molecule has 1 aromatic rings. The molecule has 6 nitrogen and oxygen atoms in total. The van der Waals surface area contributed by atoms with E-state index in [4.69, 9.17) is 5.11 Å². The van der Waals surface area contributed by atoms with Crippen molar-refractivity contribution in [1.82, 2.24) is 0 Å². The number of rotatable bonds is 5. The molecule has 1 aromatic carbocycles. The van der Waals surface area contributed by atoms with E-state index in [1.54, 1.807) is 0 Å². The topological polar surface area (TPSA) is 89.7 Å². The maximum Gasteiger partial charge on any atom is 0.387 e. The Morgan fingerprint density at radius 1 is 1.56 bits per heavy atom. The molecule has 0 atom stereocenters. The first-order valence-electron chi connectivity index (χ1n) is 4.75. The summed E-state index contributed by atoms with van der Waals surface area (Å²) in [4.78, 5) is 20.5. The summed E-state index contributed by atoms with van der Waals surface area (Å²) in [7, 11) is 0. The Kier molecular flexibility index (Phi) is 4.13. The van der Waals surface area contributed by atoms with Gasteiger partial charge in [0, 0.05) is 6.07 Å². The lowest BCUT2D eigenvalue weighted by Gasteiger charge is -2.10. The number of nitro groups is 1. The zero-order valence-corrected chi connectivity index (χ0v) is 9.22. The van der Waals surface area contributed by atoms with Crippen LogP contribution in [0.3, 0.4) is 0 Å². The Morgan fingerprint density at radius 2 is 2.17 bits per heavy atom. The number of carboxylic acids is 1. The number of hydrogen-bond acceptors (Lipinski definition) is 4. The molecular formula is C10H9F2NO5. The van der Waals surface area contributed by atoms with Crippen LogP contribution in [0.5, 0.6) is 5.75 Å². The van der Waals surface area contributed by atoms with Gasteiger partial charge in [-0.05, 0) is 18.6 Å². The van der Waals surface area contributed by atoms with Crippen LogP contribution in [0.4, 0.5) is 14.5 Å². The molecule has 0 aliphatic rings. The van der Waals surface area contributed by atoms with E-state index in [9.17, 15) is 23.7 Å². The molecule has 0 spiro atoms. The van der Waals surface area contributed by atoms with E-state index in [-0.39, 0.29) is 5.56 Å². The van der Waals surface area contributed by atoms with Crippen LogP contribution in [0, 0.1) is 17.0 Å². The number of alkyl halides is 2. The highest BCUT2D eigenvalue weighted by Crippen LogP contribution is 2.31. The minimum atomic E-state index is -3.18. The standard InChI is InChI=1S/C10H9F2NO5/c1-5-2-7(13(16)17)6(4-9(14)15)8(3-5)18-10(11)12/h2-3,10H,4H2,1H3,(H,14,15). The van der Waals surface area contributed by atoms with Gasteiger partial charge in [-0.2, -0.15) is 8.78 Å². The Labute approximate surface area is 99.9 Å². The van der Waals surface area contributed by atoms with E-state index in [1.165, 1.54) is 6.92 Å². The van der Waals surface area contributed by atoms with Crippen molar-refractivity contribution in [2.75, 3.05) is 0 Å². The number of halogens is 2. The minimum absolute atomic E-state index is 0.325. The van der Waals surface area contributed by atoms with E-state index in [2.05, 4.69) is 4.74 Å². The molecule has 0 unspecified atom stereocenters. The second-order valence-electron chi connectivity index (χ2n) is 3.47. The molecule has 0 heterocycles. The molecule has 1 rings (SSSR count). The third-order valence-electron chi connectivity index (χ3n) is 2.07. The summed E-state index contributed by atoms with van der Waals surface area (Å²) in [5.74, 6) is -1.86. The van der Waals surface area contributed by atoms with Crippen molar-refractivity contribution in [3.63, 3.8) is 0 Å². The van der Waals surface area contributed by atoms with E-state index >= 15 is 0 Å². The first kappa shape index (κ1) is 13.8. The minimum Gasteiger partial charge on any atom is -0.481 e. The second kappa shape index (κ2) is 5.39. The molecule has 0 saturated heterocycles. The molecular weight excluding hydrogens is 252 g/mol. The highest BCUT2D eigenvalue weighted by atomic mass is 19.3. The predicted octanol–water partition coefficient (Wildman–Crippen LogP) is 2.13. The van der Waals surface area contributed by atoms with E-state index in [0.29, 0.717) is 5.56 Å². The Morgan fingerprint density at radius 3 is 2.61 bits per heavy atom. The fraction of sp³-hybridized carbons (Fsp3) is 0.300. The van der Waals surface area contributed by atoms with Crippen molar-refractivity contribution in [1.29, 1.82) is 0 Å². The summed E-state index contributed by atoms with van der Waals surface area (Å²) in [6.07, 6.45) is -0.765. The number of carboxylic acid groups (broad SMARTS) is 1. The first-order valence-corrected chi connectivity index (χ1v) is 4.75. The van der Waals surface area contributed by atoms with E-state index < -0.39 is 35.4 Å². The third-order valence-corrected chi connectivity index (χ3v) is 2.07. The average molecular weight is 261 g/mol. The number of ether oxygens (including phenoxy) is 1. The molecule has 0 amide bonds. The summed E-state index contributed by atoms with van der Waals surface area (Å²) in [6.45, 7) is -1.73. The molecule has 0 aliphatic heterocycles. The molecule has 1 N–H and O–H groups in total. The van der Waals surface area contributed by atoms with Gasteiger partial charge < -0.3 is 9.84 Å². The Hall–Kier alpha value is -2.25. The molecule has 0 radical (unpaired) electrons. The maximum absolute atomic E-state index is 12.2. The van der Waals surface area contributed by atoms with Gasteiger partial charge in [0.1, 0.15) is 5.75 Å². The van der Waals surface area contributed by atoms with Gasteiger partial charge in [-0.25, -0.2) is 0 Å². The van der Waals surface area contributed by atoms with Gasteiger partial charge in [-0.3, -0.25) is 14.9 Å². The van der Waals surface area contributed by atoms with Crippen LogP contribution in [-0.2, 0) is 11.2 Å². The van der Waals surface area contributed by atoms with Crippen molar-refractivity contribution in [2.45, 2.75) is 20.0 Å². The molecule has 0 aromatic heterocycles. The fourth-order valence-corrected chi connectivity index (χ4v) is 1.46. The Balaban J connectivity index is 3.36. The van der Waals surface area contributed by atoms with Crippen molar-refractivity contribution >= 4 is 11.7 Å². The fourth-order valence-electron chi connectivity index (χ4n) is 1.46. The van der Waals surface area contributed by atoms with Crippen molar-refractivity contribution in [3.8, 4) is 5.75 Å². The van der Waals surface area contributed by atoms with Crippen molar-refractivity contribution < 1.29 is 28.3 Å². The zero-order chi connectivity index (χ0) is 13.9. The van der Waals surface area contributed by atoms with E-state index in [1.807, 2.05) is 0 Å². The van der Waals surface area contributed by atoms with Crippen LogP contribution in [0.2, 0.25) is 0 Å². The normalized spacial score (nSPS) is 10.4. The number of carbonyl (C=O) groups is 1. The molecule has 0 fully saturated rings. The van der Waals surface area contributed by atoms with E-state index in [0.717, 1.165) is 12.1 Å². The Bertz CT molecular complexity index is 489. The van der Waals surface area contributed by atoms with Crippen LogP contribution >= 0.6 is 0 Å². The quantitative estimate of drug-likeness (QED) is 0.647. The number of aryl methyl sites for hydroxylation is 1. The van der Waals surface area contributed by atoms with Crippen LogP contribution in [0.1, 0.15) is 11.1 Å². The predicted molar refractivity (Wildman–Crippen MR) is 55.8 cm³/mol. The van der Waals surface area contributed by atoms with Gasteiger partial charge in [0.25, 0.3) is 5.69 Å². The van der Waals surface area contributed by atoms with Crippen LogP contribution in [-0.4, -0.2) is 22.6 Å².